The van der Waals surface area contributed by atoms with Crippen molar-refractivity contribution in [3.8, 4) is 11.5 Å². The van der Waals surface area contributed by atoms with E-state index in [0.717, 1.165) is 48.9 Å². The zero-order valence-corrected chi connectivity index (χ0v) is 19.8. The van der Waals surface area contributed by atoms with Crippen LogP contribution in [0.3, 0.4) is 0 Å². The minimum Gasteiger partial charge on any atom is -0.460 e. The first-order valence-electron chi connectivity index (χ1n) is 12.8. The lowest BCUT2D eigenvalue weighted by Crippen LogP contribution is -2.56. The molecule has 8 nitrogen and oxygen atoms in total. The zero-order valence-electron chi connectivity index (χ0n) is 19.8. The summed E-state index contributed by atoms with van der Waals surface area (Å²) in [5.74, 6) is 1.29. The Morgan fingerprint density at radius 1 is 1.11 bits per heavy atom. The van der Waals surface area contributed by atoms with Gasteiger partial charge in [0.1, 0.15) is 17.6 Å². The maximum Gasteiger partial charge on any atom is 0.309 e. The van der Waals surface area contributed by atoms with Crippen LogP contribution < -0.4 is 14.8 Å². The van der Waals surface area contributed by atoms with Crippen molar-refractivity contribution in [2.24, 2.45) is 23.7 Å². The monoisotopic (exact) mass is 493 g/mol. The fourth-order valence-corrected chi connectivity index (χ4v) is 6.79. The average molecular weight is 494 g/mol. The van der Waals surface area contributed by atoms with Gasteiger partial charge in [-0.3, -0.25) is 9.59 Å². The number of ether oxygens (including phenoxy) is 3. The Morgan fingerprint density at radius 2 is 1.94 bits per heavy atom. The topological polar surface area (TPSA) is 90.0 Å². The standard InChI is InChI=1S/C27H28FN3O5/c28-17-4-5-20(29-11-17)26(32)31-12-15-7-18-23(30-10-14-1-6-21-22(9-14)35-13-34-21)19(8-15)25(24(18)31)36-27(33)16-2-3-16/h1,4-6,9,11,15-16,18-19,23-25,30H,2-3,7-8,10,12-13H2/t15-,18+,19-,23?,24-,25+/m0/s1. The van der Waals surface area contributed by atoms with Crippen molar-refractivity contribution in [2.45, 2.75) is 50.4 Å². The van der Waals surface area contributed by atoms with E-state index in [1.165, 1.54) is 12.1 Å². The fraction of sp³-hybridized carbons (Fsp3) is 0.519. The average Bonchev–Trinajstić information content (AvgIpc) is 3.62. The summed E-state index contributed by atoms with van der Waals surface area (Å²) >= 11 is 0. The number of aromatic nitrogens is 1. The SMILES string of the molecule is O=C(O[C@H]1[C@@H]2[C@@H]3C[C@@H](C[C@H]1C3NCc1ccc3c(c1)OCO3)CN2C(=O)c1ccc(F)cn1)C1CC1. The lowest BCUT2D eigenvalue weighted by atomic mass is 9.74. The Balaban J connectivity index is 1.16. The van der Waals surface area contributed by atoms with Crippen LogP contribution in [0.2, 0.25) is 0 Å². The van der Waals surface area contributed by atoms with Gasteiger partial charge >= 0.3 is 5.97 Å². The van der Waals surface area contributed by atoms with E-state index in [1.54, 1.807) is 0 Å². The molecule has 1 aromatic carbocycles. The molecule has 1 amide bonds. The normalized spacial score (nSPS) is 31.5. The van der Waals surface area contributed by atoms with E-state index >= 15 is 0 Å². The zero-order chi connectivity index (χ0) is 24.4. The van der Waals surface area contributed by atoms with Crippen molar-refractivity contribution < 1.29 is 28.2 Å². The van der Waals surface area contributed by atoms with Gasteiger partial charge in [0.2, 0.25) is 6.79 Å². The Morgan fingerprint density at radius 3 is 2.75 bits per heavy atom. The molecule has 3 heterocycles. The van der Waals surface area contributed by atoms with Crippen LogP contribution >= 0.6 is 0 Å². The highest BCUT2D eigenvalue weighted by Gasteiger charge is 2.62. The van der Waals surface area contributed by atoms with Gasteiger partial charge in [-0.1, -0.05) is 6.07 Å². The molecule has 36 heavy (non-hydrogen) atoms. The van der Waals surface area contributed by atoms with Crippen LogP contribution in [0.4, 0.5) is 4.39 Å². The van der Waals surface area contributed by atoms with Gasteiger partial charge in [0.15, 0.2) is 11.5 Å². The number of hydrogen-bond acceptors (Lipinski definition) is 7. The fourth-order valence-electron chi connectivity index (χ4n) is 6.79. The highest BCUT2D eigenvalue weighted by atomic mass is 19.1. The largest absolute Gasteiger partial charge is 0.460 e. The van der Waals surface area contributed by atoms with E-state index in [1.807, 2.05) is 23.1 Å². The van der Waals surface area contributed by atoms with Crippen LogP contribution in [-0.4, -0.2) is 53.3 Å². The molecule has 1 saturated heterocycles. The maximum absolute atomic E-state index is 13.5. The van der Waals surface area contributed by atoms with Crippen molar-refractivity contribution in [2.75, 3.05) is 13.3 Å². The predicted molar refractivity (Wildman–Crippen MR) is 125 cm³/mol. The van der Waals surface area contributed by atoms with Gasteiger partial charge in [-0.25, -0.2) is 9.37 Å². The number of nitrogens with one attached hydrogen (secondary N) is 1. The van der Waals surface area contributed by atoms with Gasteiger partial charge in [-0.05, 0) is 67.3 Å². The molecule has 1 N–H and O–H groups in total. The summed E-state index contributed by atoms with van der Waals surface area (Å²) < 4.78 is 30.6. The summed E-state index contributed by atoms with van der Waals surface area (Å²) in [6.07, 6.45) is 4.35. The number of benzene rings is 1. The number of carbonyl (C=O) groups is 2. The van der Waals surface area contributed by atoms with Gasteiger partial charge < -0.3 is 24.4 Å². The summed E-state index contributed by atoms with van der Waals surface area (Å²) in [5.41, 5.74) is 1.31. The van der Waals surface area contributed by atoms with Crippen LogP contribution in [0, 0.1) is 29.5 Å². The Labute approximate surface area is 208 Å². The summed E-state index contributed by atoms with van der Waals surface area (Å²) in [7, 11) is 0. The van der Waals surface area contributed by atoms with Crippen LogP contribution in [-0.2, 0) is 16.1 Å². The molecule has 2 aromatic rings. The number of likely N-dealkylation sites (tertiary alicyclic amines) is 1. The number of nitrogens with zero attached hydrogens (tertiary/aromatic N) is 2. The highest BCUT2D eigenvalue weighted by Crippen LogP contribution is 2.53. The molecule has 1 unspecified atom stereocenters. The Kier molecular flexibility index (Phi) is 5.16. The van der Waals surface area contributed by atoms with Crippen LogP contribution in [0.5, 0.6) is 11.5 Å². The van der Waals surface area contributed by atoms with Crippen molar-refractivity contribution in [1.29, 1.82) is 0 Å². The molecule has 3 saturated carbocycles. The lowest BCUT2D eigenvalue weighted by Gasteiger charge is -2.45. The van der Waals surface area contributed by atoms with Crippen molar-refractivity contribution in [1.82, 2.24) is 15.2 Å². The van der Waals surface area contributed by atoms with E-state index in [4.69, 9.17) is 14.2 Å². The summed E-state index contributed by atoms with van der Waals surface area (Å²) in [5, 5.41) is 3.74. The third-order valence-corrected chi connectivity index (χ3v) is 8.49. The molecule has 1 aromatic heterocycles. The quantitative estimate of drug-likeness (QED) is 0.619. The number of halogens is 1. The second-order valence-electron chi connectivity index (χ2n) is 10.7. The molecule has 0 radical (unpaired) electrons. The molecule has 6 atom stereocenters. The van der Waals surface area contributed by atoms with E-state index in [9.17, 15) is 14.0 Å². The van der Waals surface area contributed by atoms with Crippen LogP contribution in [0.1, 0.15) is 41.7 Å². The van der Waals surface area contributed by atoms with Crippen molar-refractivity contribution >= 4 is 11.9 Å². The molecule has 5 aliphatic rings. The molecule has 7 rings (SSSR count). The summed E-state index contributed by atoms with van der Waals surface area (Å²) in [6.45, 7) is 1.49. The lowest BCUT2D eigenvalue weighted by molar-refractivity contribution is -0.155. The summed E-state index contributed by atoms with van der Waals surface area (Å²) in [6, 6.07) is 8.53. The number of hydrogen-bond donors (Lipinski definition) is 1. The predicted octanol–water partition coefficient (Wildman–Crippen LogP) is 2.91. The number of amides is 1. The second kappa shape index (κ2) is 8.44. The minimum absolute atomic E-state index is 0.00869. The Bertz CT molecular complexity index is 1200. The first kappa shape index (κ1) is 22.0. The molecule has 4 fully saturated rings. The molecule has 2 aliphatic heterocycles. The molecule has 9 heteroatoms. The minimum atomic E-state index is -0.477. The Hall–Kier alpha value is -3.20. The molecule has 188 valence electrons. The van der Waals surface area contributed by atoms with Crippen molar-refractivity contribution in [3.05, 3.63) is 53.6 Å². The third kappa shape index (κ3) is 3.72. The summed E-state index contributed by atoms with van der Waals surface area (Å²) in [4.78, 5) is 32.2. The third-order valence-electron chi connectivity index (χ3n) is 8.49. The van der Waals surface area contributed by atoms with Crippen LogP contribution in [0.15, 0.2) is 36.5 Å². The number of rotatable bonds is 6. The van der Waals surface area contributed by atoms with E-state index in [0.29, 0.717) is 19.0 Å². The number of carbonyl (C=O) groups excluding carboxylic acids is 2. The number of esters is 1. The second-order valence-corrected chi connectivity index (χ2v) is 10.7. The van der Waals surface area contributed by atoms with Crippen molar-refractivity contribution in [3.63, 3.8) is 0 Å². The highest BCUT2D eigenvalue weighted by molar-refractivity contribution is 5.92. The molecule has 0 spiro atoms. The molecule has 3 aliphatic carbocycles. The molecular weight excluding hydrogens is 465 g/mol. The van der Waals surface area contributed by atoms with E-state index < -0.39 is 5.82 Å². The maximum atomic E-state index is 13.5. The van der Waals surface area contributed by atoms with Gasteiger partial charge in [-0.2, -0.15) is 0 Å². The molecule has 3 bridgehead atoms. The van der Waals surface area contributed by atoms with Gasteiger partial charge in [-0.15, -0.1) is 0 Å². The number of pyridine rings is 1. The van der Waals surface area contributed by atoms with Gasteiger partial charge in [0, 0.05) is 25.0 Å². The van der Waals surface area contributed by atoms with E-state index in [2.05, 4.69) is 10.3 Å². The smallest absolute Gasteiger partial charge is 0.309 e. The molecular formula is C27H28FN3O5. The first-order chi connectivity index (χ1) is 17.5. The number of fused-ring (bicyclic) bond motifs is 3. The van der Waals surface area contributed by atoms with Gasteiger partial charge in [0.05, 0.1) is 18.2 Å². The number of piperidine rings is 1. The first-order valence-corrected chi connectivity index (χ1v) is 12.8. The van der Waals surface area contributed by atoms with Crippen LogP contribution in [0.25, 0.3) is 0 Å². The van der Waals surface area contributed by atoms with Gasteiger partial charge in [0.25, 0.3) is 5.91 Å². The van der Waals surface area contributed by atoms with E-state index in [-0.39, 0.29) is 60.3 Å².